The van der Waals surface area contributed by atoms with Crippen LogP contribution in [0.25, 0.3) is 0 Å². The van der Waals surface area contributed by atoms with Gasteiger partial charge in [0, 0.05) is 44.5 Å². The molecule has 3 aliphatic rings. The molecule has 4 rings (SSSR count). The molecule has 1 saturated carbocycles. The van der Waals surface area contributed by atoms with Gasteiger partial charge in [0.25, 0.3) is 0 Å². The SMILES string of the molecule is c1cn(C[C@H]2CO[C@]3(COCCN(CC4CC4)C3)C2)cn1. The van der Waals surface area contributed by atoms with Crippen LogP contribution in [0.2, 0.25) is 0 Å². The van der Waals surface area contributed by atoms with Crippen LogP contribution in [0, 0.1) is 11.8 Å². The first-order valence-corrected chi connectivity index (χ1v) is 8.21. The summed E-state index contributed by atoms with van der Waals surface area (Å²) in [7, 11) is 0. The van der Waals surface area contributed by atoms with Crippen LogP contribution in [-0.4, -0.2) is 59.5 Å². The second-order valence-electron chi connectivity index (χ2n) is 7.05. The minimum absolute atomic E-state index is 0.0728. The Labute approximate surface area is 126 Å². The zero-order valence-electron chi connectivity index (χ0n) is 12.6. The smallest absolute Gasteiger partial charge is 0.104 e. The van der Waals surface area contributed by atoms with Crippen LogP contribution in [0.15, 0.2) is 18.7 Å². The largest absolute Gasteiger partial charge is 0.377 e. The van der Waals surface area contributed by atoms with Gasteiger partial charge in [-0.05, 0) is 25.2 Å². The van der Waals surface area contributed by atoms with Gasteiger partial charge >= 0.3 is 0 Å². The van der Waals surface area contributed by atoms with Gasteiger partial charge in [-0.3, -0.25) is 4.90 Å². The maximum atomic E-state index is 6.25. The molecule has 1 spiro atoms. The van der Waals surface area contributed by atoms with Crippen molar-refractivity contribution in [3.63, 3.8) is 0 Å². The number of hydrogen-bond acceptors (Lipinski definition) is 4. The third-order valence-electron chi connectivity index (χ3n) is 4.96. The number of ether oxygens (including phenoxy) is 2. The fourth-order valence-electron chi connectivity index (χ4n) is 3.76. The summed E-state index contributed by atoms with van der Waals surface area (Å²) in [6, 6.07) is 0. The standard InChI is InChI=1S/C16H25N3O2/c1-2-14(1)8-18-5-6-20-12-16(11-18)7-15(10-21-16)9-19-4-3-17-13-19/h3-4,13-15H,1-2,5-12H2/t15-,16+/m0/s1. The van der Waals surface area contributed by atoms with E-state index in [1.54, 1.807) is 0 Å². The van der Waals surface area contributed by atoms with Gasteiger partial charge < -0.3 is 14.0 Å². The van der Waals surface area contributed by atoms with E-state index in [1.165, 1.54) is 19.4 Å². The molecule has 1 aliphatic carbocycles. The molecular weight excluding hydrogens is 266 g/mol. The molecule has 3 heterocycles. The molecule has 2 atom stereocenters. The predicted octanol–water partition coefficient (Wildman–Crippen LogP) is 1.40. The lowest BCUT2D eigenvalue weighted by atomic mass is 9.94. The first kappa shape index (κ1) is 13.7. The number of imidazole rings is 1. The molecule has 3 fully saturated rings. The Balaban J connectivity index is 1.38. The fraction of sp³-hybridized carbons (Fsp3) is 0.812. The molecule has 116 valence electrons. The molecule has 0 aromatic carbocycles. The number of aromatic nitrogens is 2. The average molecular weight is 291 g/mol. The van der Waals surface area contributed by atoms with Gasteiger partial charge in [-0.1, -0.05) is 0 Å². The van der Waals surface area contributed by atoms with Crippen molar-refractivity contribution in [3.05, 3.63) is 18.7 Å². The van der Waals surface area contributed by atoms with Gasteiger partial charge in [-0.25, -0.2) is 4.98 Å². The molecule has 21 heavy (non-hydrogen) atoms. The first-order valence-electron chi connectivity index (χ1n) is 8.21. The normalized spacial score (nSPS) is 34.4. The summed E-state index contributed by atoms with van der Waals surface area (Å²) in [6.07, 6.45) is 9.70. The van der Waals surface area contributed by atoms with E-state index in [9.17, 15) is 0 Å². The van der Waals surface area contributed by atoms with E-state index in [0.29, 0.717) is 5.92 Å². The molecule has 0 bridgehead atoms. The molecule has 2 aliphatic heterocycles. The minimum atomic E-state index is -0.0728. The van der Waals surface area contributed by atoms with Crippen LogP contribution in [-0.2, 0) is 16.0 Å². The van der Waals surface area contributed by atoms with E-state index < -0.39 is 0 Å². The van der Waals surface area contributed by atoms with E-state index >= 15 is 0 Å². The van der Waals surface area contributed by atoms with Gasteiger partial charge in [0.2, 0.25) is 0 Å². The number of hydrogen-bond donors (Lipinski definition) is 0. The number of rotatable bonds is 4. The molecule has 0 unspecified atom stereocenters. The van der Waals surface area contributed by atoms with Crippen LogP contribution in [0.5, 0.6) is 0 Å². The van der Waals surface area contributed by atoms with Crippen LogP contribution in [0.1, 0.15) is 19.3 Å². The third kappa shape index (κ3) is 3.30. The van der Waals surface area contributed by atoms with Crippen molar-refractivity contribution in [2.24, 2.45) is 11.8 Å². The van der Waals surface area contributed by atoms with E-state index in [2.05, 4.69) is 14.5 Å². The lowest BCUT2D eigenvalue weighted by Crippen LogP contribution is -2.44. The molecule has 0 amide bonds. The predicted molar refractivity (Wildman–Crippen MR) is 79.0 cm³/mol. The molecule has 2 saturated heterocycles. The third-order valence-corrected chi connectivity index (χ3v) is 4.96. The van der Waals surface area contributed by atoms with Crippen LogP contribution in [0.3, 0.4) is 0 Å². The second kappa shape index (κ2) is 5.71. The Morgan fingerprint density at radius 3 is 3.00 bits per heavy atom. The average Bonchev–Trinajstić information content (AvgIpc) is 3.04. The van der Waals surface area contributed by atoms with Crippen LogP contribution in [0.4, 0.5) is 0 Å². The summed E-state index contributed by atoms with van der Waals surface area (Å²) in [5, 5.41) is 0. The first-order chi connectivity index (χ1) is 10.3. The van der Waals surface area contributed by atoms with E-state index in [4.69, 9.17) is 9.47 Å². The highest BCUT2D eigenvalue weighted by atomic mass is 16.5. The molecule has 5 heteroatoms. The van der Waals surface area contributed by atoms with Crippen molar-refractivity contribution in [1.82, 2.24) is 14.5 Å². The maximum absolute atomic E-state index is 6.25. The second-order valence-corrected chi connectivity index (χ2v) is 7.05. The summed E-state index contributed by atoms with van der Waals surface area (Å²) in [6.45, 7) is 6.81. The Morgan fingerprint density at radius 2 is 2.19 bits per heavy atom. The van der Waals surface area contributed by atoms with Crippen LogP contribution < -0.4 is 0 Å². The van der Waals surface area contributed by atoms with E-state index in [-0.39, 0.29) is 5.60 Å². The maximum Gasteiger partial charge on any atom is 0.104 e. The molecule has 1 aromatic heterocycles. The minimum Gasteiger partial charge on any atom is -0.377 e. The zero-order chi connectivity index (χ0) is 14.1. The van der Waals surface area contributed by atoms with Crippen molar-refractivity contribution in [2.45, 2.75) is 31.4 Å². The van der Waals surface area contributed by atoms with Crippen molar-refractivity contribution < 1.29 is 9.47 Å². The highest BCUT2D eigenvalue weighted by Crippen LogP contribution is 2.35. The summed E-state index contributed by atoms with van der Waals surface area (Å²) >= 11 is 0. The zero-order valence-corrected chi connectivity index (χ0v) is 12.6. The van der Waals surface area contributed by atoms with Gasteiger partial charge in [0.05, 0.1) is 26.1 Å². The Bertz CT molecular complexity index is 460. The summed E-state index contributed by atoms with van der Waals surface area (Å²) in [5.74, 6) is 1.51. The lowest BCUT2D eigenvalue weighted by Gasteiger charge is -2.31. The van der Waals surface area contributed by atoms with Crippen molar-refractivity contribution in [1.29, 1.82) is 0 Å². The molecule has 0 N–H and O–H groups in total. The summed E-state index contributed by atoms with van der Waals surface area (Å²) < 4.78 is 14.3. The van der Waals surface area contributed by atoms with Crippen molar-refractivity contribution in [3.8, 4) is 0 Å². The van der Waals surface area contributed by atoms with Gasteiger partial charge in [-0.15, -0.1) is 0 Å². The molecular formula is C16H25N3O2. The van der Waals surface area contributed by atoms with Gasteiger partial charge in [-0.2, -0.15) is 0 Å². The summed E-state index contributed by atoms with van der Waals surface area (Å²) in [5.41, 5.74) is -0.0728. The lowest BCUT2D eigenvalue weighted by molar-refractivity contribution is -0.0559. The fourth-order valence-corrected chi connectivity index (χ4v) is 3.76. The highest BCUT2D eigenvalue weighted by molar-refractivity contribution is 4.95. The Kier molecular flexibility index (Phi) is 3.73. The topological polar surface area (TPSA) is 39.5 Å². The summed E-state index contributed by atoms with van der Waals surface area (Å²) in [4.78, 5) is 6.70. The number of nitrogens with zero attached hydrogens (tertiary/aromatic N) is 3. The quantitative estimate of drug-likeness (QED) is 0.841. The van der Waals surface area contributed by atoms with E-state index in [1.807, 2.05) is 18.7 Å². The van der Waals surface area contributed by atoms with Gasteiger partial charge in [0.1, 0.15) is 5.60 Å². The van der Waals surface area contributed by atoms with Crippen molar-refractivity contribution in [2.75, 3.05) is 39.5 Å². The molecule has 0 radical (unpaired) electrons. The molecule has 1 aromatic rings. The van der Waals surface area contributed by atoms with Crippen molar-refractivity contribution >= 4 is 0 Å². The van der Waals surface area contributed by atoms with Gasteiger partial charge in [0.15, 0.2) is 0 Å². The monoisotopic (exact) mass is 291 g/mol. The highest BCUT2D eigenvalue weighted by Gasteiger charge is 2.43. The molecule has 5 nitrogen and oxygen atoms in total. The Hall–Kier alpha value is -0.910. The van der Waals surface area contributed by atoms with E-state index in [0.717, 1.165) is 51.8 Å². The Morgan fingerprint density at radius 1 is 1.24 bits per heavy atom. The van der Waals surface area contributed by atoms with Crippen LogP contribution >= 0.6 is 0 Å².